The van der Waals surface area contributed by atoms with Crippen LogP contribution in [0.5, 0.6) is 0 Å². The minimum absolute atomic E-state index is 0.00897. The number of anilines is 1. The van der Waals surface area contributed by atoms with Crippen molar-refractivity contribution in [2.24, 2.45) is 0 Å². The van der Waals surface area contributed by atoms with Gasteiger partial charge in [-0.1, -0.05) is 41.9 Å². The lowest BCUT2D eigenvalue weighted by molar-refractivity contribution is 0.0671. The minimum atomic E-state index is -0.296. The van der Waals surface area contributed by atoms with Gasteiger partial charge in [-0.05, 0) is 63.2 Å². The first-order valence-corrected chi connectivity index (χ1v) is 13.5. The number of benzene rings is 2. The molecule has 0 bridgehead atoms. The third kappa shape index (κ3) is 5.65. The van der Waals surface area contributed by atoms with E-state index in [1.165, 1.54) is 12.1 Å². The van der Waals surface area contributed by atoms with Crippen LogP contribution in [-0.2, 0) is 6.54 Å². The molecule has 0 spiro atoms. The van der Waals surface area contributed by atoms with Crippen LogP contribution in [0.4, 0.5) is 10.2 Å². The second kappa shape index (κ2) is 11.6. The number of nitrogens with zero attached hydrogens (tertiary/aromatic N) is 5. The Hall–Kier alpha value is -2.71. The normalized spacial score (nSPS) is 15.2. The molecule has 4 rings (SSSR count). The zero-order valence-electron chi connectivity index (χ0n) is 21.5. The van der Waals surface area contributed by atoms with Crippen LogP contribution in [0, 0.1) is 12.7 Å². The number of aryl methyl sites for hydroxylation is 1. The first kappa shape index (κ1) is 26.4. The summed E-state index contributed by atoms with van der Waals surface area (Å²) in [4.78, 5) is 20.4. The molecule has 2 aromatic carbocycles. The van der Waals surface area contributed by atoms with Crippen LogP contribution in [0.2, 0.25) is 0 Å². The fourth-order valence-corrected chi connectivity index (χ4v) is 5.13. The molecule has 1 aliphatic heterocycles. The molecule has 0 unspecified atom stereocenters. The van der Waals surface area contributed by atoms with Crippen LogP contribution in [0.25, 0.3) is 5.69 Å². The summed E-state index contributed by atoms with van der Waals surface area (Å²) in [5.41, 5.74) is 3.19. The van der Waals surface area contributed by atoms with Gasteiger partial charge in [0.15, 0.2) is 0 Å². The number of hydrogen-bond acceptors (Lipinski definition) is 4. The molecule has 0 saturated carbocycles. The second-order valence-electron chi connectivity index (χ2n) is 9.40. The average Bonchev–Trinajstić information content (AvgIpc) is 3.22. The number of piperazine rings is 1. The Kier molecular flexibility index (Phi) is 8.46. The maximum absolute atomic E-state index is 14.2. The number of rotatable bonds is 8. The maximum Gasteiger partial charge on any atom is 0.254 e. The lowest BCUT2D eigenvalue weighted by Gasteiger charge is -2.37. The van der Waals surface area contributed by atoms with Crippen LogP contribution >= 0.6 is 15.9 Å². The fourth-order valence-electron chi connectivity index (χ4n) is 4.73. The van der Waals surface area contributed by atoms with Crippen LogP contribution < -0.4 is 4.90 Å². The number of likely N-dealkylation sites (N-methyl/N-ethyl adjacent to an activating group) is 1. The summed E-state index contributed by atoms with van der Waals surface area (Å²) in [6, 6.07) is 14.1. The summed E-state index contributed by atoms with van der Waals surface area (Å²) in [7, 11) is 0. The van der Waals surface area contributed by atoms with Crippen LogP contribution in [-0.4, -0.2) is 64.3 Å². The zero-order valence-corrected chi connectivity index (χ0v) is 23.1. The first-order valence-electron chi connectivity index (χ1n) is 12.7. The van der Waals surface area contributed by atoms with Gasteiger partial charge in [0.2, 0.25) is 0 Å². The van der Waals surface area contributed by atoms with E-state index >= 15 is 0 Å². The van der Waals surface area contributed by atoms with Gasteiger partial charge in [-0.3, -0.25) is 4.79 Å². The summed E-state index contributed by atoms with van der Waals surface area (Å²) < 4.78 is 16.9. The summed E-state index contributed by atoms with van der Waals surface area (Å²) in [5.74, 6) is 0.643. The van der Waals surface area contributed by atoms with E-state index < -0.39 is 0 Å². The number of carbonyl (C=O) groups excluding carboxylic acids is 1. The molecular weight excluding hydrogens is 521 g/mol. The predicted molar refractivity (Wildman–Crippen MR) is 146 cm³/mol. The molecule has 1 saturated heterocycles. The summed E-state index contributed by atoms with van der Waals surface area (Å²) in [6.07, 6.45) is 0.835. The lowest BCUT2D eigenvalue weighted by atomic mass is 10.1. The molecule has 8 heteroatoms. The largest absolute Gasteiger partial charge is 0.354 e. The van der Waals surface area contributed by atoms with Crippen LogP contribution in [0.15, 0.2) is 53.0 Å². The van der Waals surface area contributed by atoms with Crippen molar-refractivity contribution in [1.82, 2.24) is 19.6 Å². The van der Waals surface area contributed by atoms with E-state index in [4.69, 9.17) is 5.10 Å². The van der Waals surface area contributed by atoms with Gasteiger partial charge in [0.1, 0.15) is 11.6 Å². The Balaban J connectivity index is 1.77. The van der Waals surface area contributed by atoms with E-state index in [1.807, 2.05) is 46.8 Å². The van der Waals surface area contributed by atoms with Crippen LogP contribution in [0.1, 0.15) is 48.8 Å². The Morgan fingerprint density at radius 2 is 1.83 bits per heavy atom. The van der Waals surface area contributed by atoms with Crippen molar-refractivity contribution < 1.29 is 9.18 Å². The SMILES string of the molecule is CC[C@@H](C)N(Cc1c(C)nn(-c2cccc(F)c2)c1N1CCN(CC)CC1)C(=O)c1cccc(Br)c1. The van der Waals surface area contributed by atoms with Crippen molar-refractivity contribution in [3.63, 3.8) is 0 Å². The molecule has 0 aliphatic carbocycles. The third-order valence-corrected chi connectivity index (χ3v) is 7.61. The van der Waals surface area contributed by atoms with Gasteiger partial charge in [-0.2, -0.15) is 5.10 Å². The number of halogens is 2. The molecule has 1 amide bonds. The van der Waals surface area contributed by atoms with Gasteiger partial charge in [0.25, 0.3) is 5.91 Å². The second-order valence-corrected chi connectivity index (χ2v) is 10.3. The van der Waals surface area contributed by atoms with Gasteiger partial charge < -0.3 is 14.7 Å². The molecule has 1 atom stereocenters. The highest BCUT2D eigenvalue weighted by atomic mass is 79.9. The molecule has 1 fully saturated rings. The Bertz CT molecular complexity index is 1200. The van der Waals surface area contributed by atoms with Crippen molar-refractivity contribution in [2.45, 2.75) is 46.7 Å². The van der Waals surface area contributed by atoms with Gasteiger partial charge in [0, 0.05) is 47.8 Å². The molecule has 3 aromatic rings. The number of carbonyl (C=O) groups is 1. The third-order valence-electron chi connectivity index (χ3n) is 7.11. The van der Waals surface area contributed by atoms with Crippen molar-refractivity contribution in [2.75, 3.05) is 37.6 Å². The van der Waals surface area contributed by atoms with Crippen LogP contribution in [0.3, 0.4) is 0 Å². The highest BCUT2D eigenvalue weighted by Crippen LogP contribution is 2.31. The number of hydrogen-bond donors (Lipinski definition) is 0. The quantitative estimate of drug-likeness (QED) is 0.359. The monoisotopic (exact) mass is 555 g/mol. The zero-order chi connectivity index (χ0) is 25.8. The van der Waals surface area contributed by atoms with E-state index in [0.717, 1.165) is 60.7 Å². The Labute approximate surface area is 221 Å². The lowest BCUT2D eigenvalue weighted by Crippen LogP contribution is -2.47. The van der Waals surface area contributed by atoms with Crippen molar-refractivity contribution in [3.05, 3.63) is 75.6 Å². The highest BCUT2D eigenvalue weighted by molar-refractivity contribution is 9.10. The van der Waals surface area contributed by atoms with Gasteiger partial charge in [0.05, 0.1) is 17.9 Å². The first-order chi connectivity index (χ1) is 17.3. The predicted octanol–water partition coefficient (Wildman–Crippen LogP) is 5.67. The van der Waals surface area contributed by atoms with E-state index in [9.17, 15) is 9.18 Å². The average molecular weight is 557 g/mol. The molecule has 0 N–H and O–H groups in total. The minimum Gasteiger partial charge on any atom is -0.354 e. The highest BCUT2D eigenvalue weighted by Gasteiger charge is 2.29. The van der Waals surface area contributed by atoms with Crippen molar-refractivity contribution in [1.29, 1.82) is 0 Å². The van der Waals surface area contributed by atoms with E-state index in [2.05, 4.69) is 46.5 Å². The number of aromatic nitrogens is 2. The van der Waals surface area contributed by atoms with Gasteiger partial charge in [-0.15, -0.1) is 0 Å². The van der Waals surface area contributed by atoms with E-state index in [0.29, 0.717) is 17.8 Å². The van der Waals surface area contributed by atoms with E-state index in [-0.39, 0.29) is 17.8 Å². The molecule has 192 valence electrons. The summed E-state index contributed by atoms with van der Waals surface area (Å²) in [5, 5.41) is 4.87. The molecule has 6 nitrogen and oxygen atoms in total. The molecular formula is C28H35BrFN5O. The van der Waals surface area contributed by atoms with E-state index in [1.54, 1.807) is 6.07 Å². The number of amides is 1. The summed E-state index contributed by atoms with van der Waals surface area (Å²) >= 11 is 3.50. The maximum atomic E-state index is 14.2. The summed E-state index contributed by atoms with van der Waals surface area (Å²) in [6.45, 7) is 13.4. The van der Waals surface area contributed by atoms with Crippen molar-refractivity contribution >= 4 is 27.7 Å². The van der Waals surface area contributed by atoms with Gasteiger partial charge >= 0.3 is 0 Å². The molecule has 1 aliphatic rings. The molecule has 2 heterocycles. The molecule has 0 radical (unpaired) electrons. The standard InChI is InChI=1S/C28H35BrFN5O/c1-5-20(3)34(28(36)22-9-7-10-23(29)17-22)19-26-21(4)31-35(25-12-8-11-24(30)18-25)27(26)33-15-13-32(6-2)14-16-33/h7-12,17-18,20H,5-6,13-16,19H2,1-4H3/t20-/m1/s1. The topological polar surface area (TPSA) is 44.6 Å². The molecule has 1 aromatic heterocycles. The fraction of sp³-hybridized carbons (Fsp3) is 0.429. The smallest absolute Gasteiger partial charge is 0.254 e. The van der Waals surface area contributed by atoms with Crippen molar-refractivity contribution in [3.8, 4) is 5.69 Å². The Morgan fingerprint density at radius 1 is 1.11 bits per heavy atom. The van der Waals surface area contributed by atoms with Gasteiger partial charge in [-0.25, -0.2) is 9.07 Å². The molecule has 36 heavy (non-hydrogen) atoms. The Morgan fingerprint density at radius 3 is 2.47 bits per heavy atom.